The predicted octanol–water partition coefficient (Wildman–Crippen LogP) is 2.93. The lowest BCUT2D eigenvalue weighted by Crippen LogP contribution is -2.46. The van der Waals surface area contributed by atoms with Crippen molar-refractivity contribution in [3.05, 3.63) is 122 Å². The second-order valence-electron chi connectivity index (χ2n) is 7.62. The Balaban J connectivity index is 1.77. The lowest BCUT2D eigenvalue weighted by atomic mass is 10.1. The van der Waals surface area contributed by atoms with E-state index in [1.54, 1.807) is 12.1 Å². The molecule has 2 heterocycles. The lowest BCUT2D eigenvalue weighted by molar-refractivity contribution is -0.137. The van der Waals surface area contributed by atoms with Gasteiger partial charge in [0.1, 0.15) is 11.5 Å². The Hall–Kier alpha value is -4.61. The van der Waals surface area contributed by atoms with Gasteiger partial charge in [-0.3, -0.25) is 19.1 Å². The molecule has 0 fully saturated rings. The van der Waals surface area contributed by atoms with Crippen molar-refractivity contribution < 1.29 is 22.4 Å². The minimum Gasteiger partial charge on any atom is -0.346 e. The van der Waals surface area contributed by atoms with E-state index in [0.29, 0.717) is 14.8 Å². The van der Waals surface area contributed by atoms with Crippen molar-refractivity contribution >= 4 is 5.91 Å². The van der Waals surface area contributed by atoms with E-state index in [1.165, 1.54) is 30.6 Å². The number of amides is 1. The molecule has 1 amide bonds. The number of nitrogens with one attached hydrogen (secondary N) is 1. The number of pyridine rings is 1. The van der Waals surface area contributed by atoms with Crippen LogP contribution in [0.1, 0.15) is 27.2 Å². The van der Waals surface area contributed by atoms with Gasteiger partial charge in [0.05, 0.1) is 12.1 Å². The SMILES string of the molecule is O=C(NCc1ccncc1)c1nn(-c2ccccc2F)c(=O)n(Cc2ccc(C(F)(F)F)cc2)c1=O. The monoisotopic (exact) mass is 499 g/mol. The molecule has 0 saturated carbocycles. The summed E-state index contributed by atoms with van der Waals surface area (Å²) in [5.74, 6) is -1.77. The summed E-state index contributed by atoms with van der Waals surface area (Å²) in [6.07, 6.45) is -1.55. The van der Waals surface area contributed by atoms with E-state index in [0.717, 1.165) is 30.3 Å². The molecule has 0 spiro atoms. The molecular formula is C24H17F4N5O3. The molecule has 0 unspecified atom stereocenters. The smallest absolute Gasteiger partial charge is 0.346 e. The molecule has 4 rings (SSSR count). The van der Waals surface area contributed by atoms with E-state index in [9.17, 15) is 31.9 Å². The summed E-state index contributed by atoms with van der Waals surface area (Å²) in [6.45, 7) is -0.461. The number of rotatable bonds is 6. The van der Waals surface area contributed by atoms with Crippen molar-refractivity contribution in [3.63, 3.8) is 0 Å². The van der Waals surface area contributed by atoms with Crippen LogP contribution in [0.15, 0.2) is 82.6 Å². The van der Waals surface area contributed by atoms with Gasteiger partial charge >= 0.3 is 11.9 Å². The summed E-state index contributed by atoms with van der Waals surface area (Å²) >= 11 is 0. The number of aromatic nitrogens is 4. The van der Waals surface area contributed by atoms with Gasteiger partial charge < -0.3 is 5.32 Å². The molecule has 0 aliphatic heterocycles. The number of alkyl halides is 3. The minimum absolute atomic E-state index is 0.0141. The number of benzene rings is 2. The van der Waals surface area contributed by atoms with Crippen LogP contribution in [0.3, 0.4) is 0 Å². The van der Waals surface area contributed by atoms with E-state index in [2.05, 4.69) is 15.4 Å². The number of carbonyl (C=O) groups is 1. The van der Waals surface area contributed by atoms with Gasteiger partial charge in [0, 0.05) is 18.9 Å². The number of hydrogen-bond acceptors (Lipinski definition) is 5. The van der Waals surface area contributed by atoms with Gasteiger partial charge in [-0.1, -0.05) is 24.3 Å². The van der Waals surface area contributed by atoms with Crippen LogP contribution in [0.25, 0.3) is 5.69 Å². The fourth-order valence-electron chi connectivity index (χ4n) is 3.33. The maximum Gasteiger partial charge on any atom is 0.416 e. The number of hydrogen-bond donors (Lipinski definition) is 1. The Morgan fingerprint density at radius 3 is 2.22 bits per heavy atom. The zero-order valence-corrected chi connectivity index (χ0v) is 18.4. The highest BCUT2D eigenvalue weighted by Gasteiger charge is 2.30. The Kier molecular flexibility index (Phi) is 6.77. The standard InChI is InChI=1S/C24H17F4N5O3/c25-18-3-1-2-4-19(18)33-23(36)32(14-16-5-7-17(8-6-16)24(26,27)28)22(35)20(31-33)21(34)30-13-15-9-11-29-12-10-15/h1-12H,13-14H2,(H,30,34). The summed E-state index contributed by atoms with van der Waals surface area (Å²) in [6, 6.07) is 12.2. The fraction of sp³-hybridized carbons (Fsp3) is 0.125. The largest absolute Gasteiger partial charge is 0.416 e. The zero-order chi connectivity index (χ0) is 25.9. The molecule has 0 aliphatic rings. The summed E-state index contributed by atoms with van der Waals surface area (Å²) in [5, 5.41) is 6.33. The topological polar surface area (TPSA) is 98.9 Å². The maximum atomic E-state index is 14.5. The van der Waals surface area contributed by atoms with Gasteiger partial charge in [0.15, 0.2) is 0 Å². The Morgan fingerprint density at radius 2 is 1.58 bits per heavy atom. The van der Waals surface area contributed by atoms with E-state index in [-0.39, 0.29) is 17.8 Å². The highest BCUT2D eigenvalue weighted by atomic mass is 19.4. The molecule has 0 bridgehead atoms. The molecule has 0 aliphatic carbocycles. The average Bonchev–Trinajstić information content (AvgIpc) is 2.86. The first-order valence-electron chi connectivity index (χ1n) is 10.5. The summed E-state index contributed by atoms with van der Waals surface area (Å²) in [5.41, 5.74) is -3.23. The fourth-order valence-corrected chi connectivity index (χ4v) is 3.33. The first-order valence-corrected chi connectivity index (χ1v) is 10.5. The van der Waals surface area contributed by atoms with Crippen LogP contribution in [-0.4, -0.2) is 25.2 Å². The summed E-state index contributed by atoms with van der Waals surface area (Å²) in [7, 11) is 0. The molecule has 36 heavy (non-hydrogen) atoms. The quantitative estimate of drug-likeness (QED) is 0.412. The highest BCUT2D eigenvalue weighted by Crippen LogP contribution is 2.29. The van der Waals surface area contributed by atoms with Crippen molar-refractivity contribution in [2.24, 2.45) is 0 Å². The molecule has 2 aromatic carbocycles. The number of nitrogens with zero attached hydrogens (tertiary/aromatic N) is 4. The van der Waals surface area contributed by atoms with Gasteiger partial charge in [0.2, 0.25) is 5.69 Å². The zero-order valence-electron chi connectivity index (χ0n) is 18.4. The van der Waals surface area contributed by atoms with Crippen molar-refractivity contribution in [3.8, 4) is 5.69 Å². The molecule has 1 N–H and O–H groups in total. The van der Waals surface area contributed by atoms with Crippen LogP contribution < -0.4 is 16.6 Å². The van der Waals surface area contributed by atoms with Crippen molar-refractivity contribution in [2.45, 2.75) is 19.3 Å². The molecule has 4 aromatic rings. The number of halogens is 4. The van der Waals surface area contributed by atoms with Crippen LogP contribution in [0.5, 0.6) is 0 Å². The first kappa shape index (κ1) is 24.5. The van der Waals surface area contributed by atoms with Gasteiger partial charge in [-0.25, -0.2) is 9.18 Å². The normalized spacial score (nSPS) is 11.3. The van der Waals surface area contributed by atoms with Crippen LogP contribution >= 0.6 is 0 Å². The van der Waals surface area contributed by atoms with Crippen molar-refractivity contribution in [1.82, 2.24) is 24.6 Å². The average molecular weight is 499 g/mol. The number of para-hydroxylation sites is 1. The molecule has 0 atom stereocenters. The Morgan fingerprint density at radius 1 is 0.917 bits per heavy atom. The third kappa shape index (κ3) is 5.22. The molecular weight excluding hydrogens is 482 g/mol. The first-order chi connectivity index (χ1) is 17.1. The molecule has 0 saturated heterocycles. The van der Waals surface area contributed by atoms with Gasteiger partial charge in [0.25, 0.3) is 11.5 Å². The summed E-state index contributed by atoms with van der Waals surface area (Å²) in [4.78, 5) is 42.9. The highest BCUT2D eigenvalue weighted by molar-refractivity contribution is 5.91. The second-order valence-corrected chi connectivity index (χ2v) is 7.62. The summed E-state index contributed by atoms with van der Waals surface area (Å²) < 4.78 is 54.3. The lowest BCUT2D eigenvalue weighted by Gasteiger charge is -2.13. The Bertz CT molecular complexity index is 1510. The third-order valence-corrected chi connectivity index (χ3v) is 5.18. The second kappa shape index (κ2) is 9.94. The molecule has 2 aromatic heterocycles. The van der Waals surface area contributed by atoms with Gasteiger partial charge in [-0.15, -0.1) is 0 Å². The molecule has 184 valence electrons. The molecule has 8 nitrogen and oxygen atoms in total. The van der Waals surface area contributed by atoms with Crippen LogP contribution in [0, 0.1) is 5.82 Å². The number of carbonyl (C=O) groups excluding carboxylic acids is 1. The maximum absolute atomic E-state index is 14.5. The van der Waals surface area contributed by atoms with Crippen molar-refractivity contribution in [1.29, 1.82) is 0 Å². The van der Waals surface area contributed by atoms with Crippen LogP contribution in [0.2, 0.25) is 0 Å². The van der Waals surface area contributed by atoms with E-state index in [1.807, 2.05) is 0 Å². The van der Waals surface area contributed by atoms with E-state index >= 15 is 0 Å². The van der Waals surface area contributed by atoms with Crippen LogP contribution in [-0.2, 0) is 19.3 Å². The third-order valence-electron chi connectivity index (χ3n) is 5.18. The van der Waals surface area contributed by atoms with Gasteiger partial charge in [-0.05, 0) is 47.5 Å². The van der Waals surface area contributed by atoms with Crippen molar-refractivity contribution in [2.75, 3.05) is 0 Å². The van der Waals surface area contributed by atoms with E-state index in [4.69, 9.17) is 0 Å². The van der Waals surface area contributed by atoms with E-state index < -0.39 is 47.0 Å². The minimum atomic E-state index is -4.57. The molecule has 12 heteroatoms. The van der Waals surface area contributed by atoms with Gasteiger partial charge in [-0.2, -0.15) is 23.0 Å². The Labute approximate surface area is 200 Å². The van der Waals surface area contributed by atoms with Crippen LogP contribution in [0.4, 0.5) is 17.6 Å². The predicted molar refractivity (Wildman–Crippen MR) is 120 cm³/mol. The molecule has 0 radical (unpaired) electrons.